The largest absolute Gasteiger partial charge is 0.395 e. The third kappa shape index (κ3) is 2.77. The maximum Gasteiger partial charge on any atom is 0.270 e. The van der Waals surface area contributed by atoms with Gasteiger partial charge in [0.1, 0.15) is 0 Å². The van der Waals surface area contributed by atoms with E-state index in [1.54, 1.807) is 19.3 Å². The van der Waals surface area contributed by atoms with E-state index in [0.717, 1.165) is 5.52 Å². The van der Waals surface area contributed by atoms with E-state index in [0.29, 0.717) is 10.9 Å². The molecule has 0 spiro atoms. The standard InChI is InChI=1S/C13H15N3O4/c1-15(4-5-17)13(18)6-9-8-14-12-3-2-10(16(19)20)7-11(9)12/h2-3,7-8,14,17H,4-6H2,1H3. The van der Waals surface area contributed by atoms with Crippen LogP contribution in [0.15, 0.2) is 24.4 Å². The molecule has 0 saturated heterocycles. The quantitative estimate of drug-likeness (QED) is 0.630. The Kier molecular flexibility index (Phi) is 3.99. The summed E-state index contributed by atoms with van der Waals surface area (Å²) in [6.07, 6.45) is 1.82. The average molecular weight is 277 g/mol. The van der Waals surface area contributed by atoms with Crippen LogP contribution in [0.5, 0.6) is 0 Å². The number of aliphatic hydroxyl groups excluding tert-OH is 1. The van der Waals surface area contributed by atoms with Gasteiger partial charge in [-0.15, -0.1) is 0 Å². The topological polar surface area (TPSA) is 99.5 Å². The minimum absolute atomic E-state index is 0.00508. The molecule has 1 aromatic carbocycles. The van der Waals surface area contributed by atoms with Crippen molar-refractivity contribution in [1.82, 2.24) is 9.88 Å². The Morgan fingerprint density at radius 1 is 1.50 bits per heavy atom. The molecule has 0 atom stereocenters. The molecular weight excluding hydrogens is 262 g/mol. The lowest BCUT2D eigenvalue weighted by molar-refractivity contribution is -0.384. The van der Waals surface area contributed by atoms with Gasteiger partial charge in [0.2, 0.25) is 5.91 Å². The summed E-state index contributed by atoms with van der Waals surface area (Å²) in [5.74, 6) is -0.147. The maximum absolute atomic E-state index is 11.9. The Balaban J connectivity index is 2.28. The predicted octanol–water partition coefficient (Wildman–Crippen LogP) is 1.07. The third-order valence-electron chi connectivity index (χ3n) is 3.16. The molecule has 7 nitrogen and oxygen atoms in total. The fraction of sp³-hybridized carbons (Fsp3) is 0.308. The van der Waals surface area contributed by atoms with E-state index < -0.39 is 4.92 Å². The Morgan fingerprint density at radius 3 is 2.90 bits per heavy atom. The number of aromatic amines is 1. The maximum atomic E-state index is 11.9. The number of aliphatic hydroxyl groups is 1. The number of carbonyl (C=O) groups excluding carboxylic acids is 1. The summed E-state index contributed by atoms with van der Waals surface area (Å²) in [6, 6.07) is 4.50. The van der Waals surface area contributed by atoms with Gasteiger partial charge in [0.25, 0.3) is 5.69 Å². The third-order valence-corrected chi connectivity index (χ3v) is 3.16. The molecule has 7 heteroatoms. The van der Waals surface area contributed by atoms with Gasteiger partial charge in [-0.3, -0.25) is 14.9 Å². The minimum Gasteiger partial charge on any atom is -0.395 e. The molecule has 0 radical (unpaired) electrons. The van der Waals surface area contributed by atoms with Crippen LogP contribution in [-0.2, 0) is 11.2 Å². The van der Waals surface area contributed by atoms with Crippen molar-refractivity contribution < 1.29 is 14.8 Å². The van der Waals surface area contributed by atoms with Crippen LogP contribution in [0.2, 0.25) is 0 Å². The van der Waals surface area contributed by atoms with Gasteiger partial charge in [-0.2, -0.15) is 0 Å². The van der Waals surface area contributed by atoms with Crippen LogP contribution in [0.25, 0.3) is 10.9 Å². The molecule has 0 aliphatic heterocycles. The highest BCUT2D eigenvalue weighted by atomic mass is 16.6. The summed E-state index contributed by atoms with van der Waals surface area (Å²) in [4.78, 5) is 26.7. The first-order valence-electron chi connectivity index (χ1n) is 6.12. The normalized spacial score (nSPS) is 10.7. The van der Waals surface area contributed by atoms with Gasteiger partial charge < -0.3 is 15.0 Å². The molecule has 0 unspecified atom stereocenters. The zero-order chi connectivity index (χ0) is 14.7. The van der Waals surface area contributed by atoms with Gasteiger partial charge >= 0.3 is 0 Å². The number of H-pyrrole nitrogens is 1. The highest BCUT2D eigenvalue weighted by Crippen LogP contribution is 2.24. The van der Waals surface area contributed by atoms with E-state index in [1.807, 2.05) is 0 Å². The molecule has 2 aromatic rings. The van der Waals surface area contributed by atoms with Crippen LogP contribution in [0, 0.1) is 10.1 Å². The SMILES string of the molecule is CN(CCO)C(=O)Cc1c[nH]c2ccc([N+](=O)[O-])cc12. The number of hydrogen-bond acceptors (Lipinski definition) is 4. The van der Waals surface area contributed by atoms with Crippen LogP contribution in [0.4, 0.5) is 5.69 Å². The smallest absolute Gasteiger partial charge is 0.270 e. The average Bonchev–Trinajstić information content (AvgIpc) is 2.81. The molecule has 0 bridgehead atoms. The van der Waals surface area contributed by atoms with E-state index in [-0.39, 0.29) is 31.2 Å². The summed E-state index contributed by atoms with van der Waals surface area (Å²) < 4.78 is 0. The van der Waals surface area contributed by atoms with Crippen molar-refractivity contribution in [3.05, 3.63) is 40.1 Å². The number of nitro benzene ring substituents is 1. The number of benzene rings is 1. The van der Waals surface area contributed by atoms with Gasteiger partial charge in [-0.05, 0) is 11.6 Å². The lowest BCUT2D eigenvalue weighted by Crippen LogP contribution is -2.30. The molecule has 2 N–H and O–H groups in total. The van der Waals surface area contributed by atoms with E-state index in [1.165, 1.54) is 17.0 Å². The number of hydrogen-bond donors (Lipinski definition) is 2. The Labute approximate surface area is 115 Å². The molecular formula is C13H15N3O4. The summed E-state index contributed by atoms with van der Waals surface area (Å²) in [5, 5.41) is 20.3. The summed E-state index contributed by atoms with van der Waals surface area (Å²) in [5.41, 5.74) is 1.45. The monoisotopic (exact) mass is 277 g/mol. The van der Waals surface area contributed by atoms with Crippen LogP contribution in [-0.4, -0.2) is 46.0 Å². The van der Waals surface area contributed by atoms with Crippen molar-refractivity contribution in [1.29, 1.82) is 0 Å². The van der Waals surface area contributed by atoms with Crippen molar-refractivity contribution in [2.45, 2.75) is 6.42 Å². The van der Waals surface area contributed by atoms with Crippen molar-refractivity contribution in [3.63, 3.8) is 0 Å². The van der Waals surface area contributed by atoms with Crippen molar-refractivity contribution in [2.75, 3.05) is 20.2 Å². The molecule has 0 fully saturated rings. The Morgan fingerprint density at radius 2 is 2.25 bits per heavy atom. The molecule has 0 saturated carbocycles. The van der Waals surface area contributed by atoms with Crippen LogP contribution in [0.1, 0.15) is 5.56 Å². The molecule has 1 amide bonds. The van der Waals surface area contributed by atoms with Crippen molar-refractivity contribution in [2.24, 2.45) is 0 Å². The second kappa shape index (κ2) is 5.70. The molecule has 0 aliphatic rings. The van der Waals surface area contributed by atoms with Gasteiger partial charge in [-0.1, -0.05) is 0 Å². The van der Waals surface area contributed by atoms with Gasteiger partial charge in [-0.25, -0.2) is 0 Å². The number of rotatable bonds is 5. The second-order valence-electron chi connectivity index (χ2n) is 4.52. The minimum atomic E-state index is -0.462. The van der Waals surface area contributed by atoms with Gasteiger partial charge in [0.05, 0.1) is 18.0 Å². The number of non-ortho nitro benzene ring substituents is 1. The highest BCUT2D eigenvalue weighted by molar-refractivity contribution is 5.90. The van der Waals surface area contributed by atoms with Crippen LogP contribution < -0.4 is 0 Å². The van der Waals surface area contributed by atoms with E-state index >= 15 is 0 Å². The first-order chi connectivity index (χ1) is 9.52. The number of likely N-dealkylation sites (N-methyl/N-ethyl adjacent to an activating group) is 1. The summed E-state index contributed by atoms with van der Waals surface area (Å²) in [6.45, 7) is 0.170. The molecule has 2 rings (SSSR count). The zero-order valence-electron chi connectivity index (χ0n) is 11.0. The number of fused-ring (bicyclic) bond motifs is 1. The zero-order valence-corrected chi connectivity index (χ0v) is 11.0. The summed E-state index contributed by atoms with van der Waals surface area (Å²) in [7, 11) is 1.61. The first kappa shape index (κ1) is 14.0. The van der Waals surface area contributed by atoms with E-state index in [2.05, 4.69) is 4.98 Å². The van der Waals surface area contributed by atoms with Gasteiger partial charge in [0.15, 0.2) is 0 Å². The van der Waals surface area contributed by atoms with Crippen LogP contribution in [0.3, 0.4) is 0 Å². The highest BCUT2D eigenvalue weighted by Gasteiger charge is 2.14. The fourth-order valence-electron chi connectivity index (χ4n) is 2.00. The summed E-state index contributed by atoms with van der Waals surface area (Å²) >= 11 is 0. The lowest BCUT2D eigenvalue weighted by atomic mass is 10.1. The molecule has 1 aromatic heterocycles. The number of nitrogens with one attached hydrogen (secondary N) is 1. The van der Waals surface area contributed by atoms with Crippen molar-refractivity contribution in [3.8, 4) is 0 Å². The molecule has 106 valence electrons. The fourth-order valence-corrected chi connectivity index (χ4v) is 2.00. The lowest BCUT2D eigenvalue weighted by Gasteiger charge is -2.15. The van der Waals surface area contributed by atoms with Crippen LogP contribution >= 0.6 is 0 Å². The first-order valence-corrected chi connectivity index (χ1v) is 6.12. The number of nitro groups is 1. The molecule has 0 aliphatic carbocycles. The number of carbonyl (C=O) groups is 1. The Bertz CT molecular complexity index is 650. The second-order valence-corrected chi connectivity index (χ2v) is 4.52. The van der Waals surface area contributed by atoms with E-state index in [9.17, 15) is 14.9 Å². The Hall–Kier alpha value is -2.41. The molecule has 20 heavy (non-hydrogen) atoms. The number of nitrogens with zero attached hydrogens (tertiary/aromatic N) is 2. The van der Waals surface area contributed by atoms with Crippen molar-refractivity contribution >= 4 is 22.5 Å². The van der Waals surface area contributed by atoms with Gasteiger partial charge in [0, 0.05) is 42.8 Å². The number of amides is 1. The predicted molar refractivity (Wildman–Crippen MR) is 73.4 cm³/mol. The molecule has 1 heterocycles. The number of aromatic nitrogens is 1. The van der Waals surface area contributed by atoms with E-state index in [4.69, 9.17) is 5.11 Å².